The molecule has 0 N–H and O–H groups in total. The van der Waals surface area contributed by atoms with Crippen molar-refractivity contribution in [3.8, 4) is 30.4 Å². The van der Waals surface area contributed by atoms with Crippen LogP contribution in [0.4, 0.5) is 4.79 Å². The third-order valence-corrected chi connectivity index (χ3v) is 1.77. The standard InChI is InChI=1S/C13H11NO2/c1-3-10-14(11-4-2)13(15)16-12-8-6-5-7-9-12/h1-2,5-9H,10-11H2. The number of carbonyl (C=O) groups excluding carboxylic acids is 1. The van der Waals surface area contributed by atoms with Crippen molar-refractivity contribution < 1.29 is 9.53 Å². The van der Waals surface area contributed by atoms with Crippen molar-refractivity contribution in [1.82, 2.24) is 4.90 Å². The molecule has 0 radical (unpaired) electrons. The first-order chi connectivity index (χ1) is 7.77. The molecule has 0 aliphatic heterocycles. The molecule has 0 aliphatic rings. The molecule has 0 heterocycles. The fourth-order valence-electron chi connectivity index (χ4n) is 1.06. The van der Waals surface area contributed by atoms with Gasteiger partial charge in [-0.2, -0.15) is 0 Å². The molecule has 1 amide bonds. The molecule has 0 bridgehead atoms. The Balaban J connectivity index is 2.63. The summed E-state index contributed by atoms with van der Waals surface area (Å²) >= 11 is 0. The molecule has 0 saturated carbocycles. The van der Waals surface area contributed by atoms with Crippen LogP contribution < -0.4 is 4.74 Å². The van der Waals surface area contributed by atoms with Crippen LogP contribution in [0.1, 0.15) is 0 Å². The molecule has 1 aromatic carbocycles. The van der Waals surface area contributed by atoms with Gasteiger partial charge in [0.15, 0.2) is 0 Å². The largest absolute Gasteiger partial charge is 0.416 e. The van der Waals surface area contributed by atoms with E-state index in [-0.39, 0.29) is 13.1 Å². The Morgan fingerprint density at radius 1 is 1.19 bits per heavy atom. The zero-order valence-electron chi connectivity index (χ0n) is 8.72. The van der Waals surface area contributed by atoms with Crippen molar-refractivity contribution >= 4 is 6.09 Å². The third-order valence-electron chi connectivity index (χ3n) is 1.77. The molecular weight excluding hydrogens is 202 g/mol. The minimum atomic E-state index is -0.540. The number of amides is 1. The smallest absolute Gasteiger partial charge is 0.410 e. The molecule has 80 valence electrons. The van der Waals surface area contributed by atoms with Crippen molar-refractivity contribution in [3.05, 3.63) is 30.3 Å². The number of para-hydroxylation sites is 1. The van der Waals surface area contributed by atoms with Gasteiger partial charge in [0.1, 0.15) is 5.75 Å². The molecular formula is C13H11NO2. The molecule has 0 unspecified atom stereocenters. The molecule has 0 atom stereocenters. The third kappa shape index (κ3) is 3.40. The van der Waals surface area contributed by atoms with E-state index in [0.29, 0.717) is 5.75 Å². The normalized spacial score (nSPS) is 8.62. The van der Waals surface area contributed by atoms with Crippen LogP contribution in [0.3, 0.4) is 0 Å². The topological polar surface area (TPSA) is 29.5 Å². The molecule has 3 nitrogen and oxygen atoms in total. The SMILES string of the molecule is C#CCN(CC#C)C(=O)Oc1ccccc1. The van der Waals surface area contributed by atoms with E-state index in [9.17, 15) is 4.79 Å². The number of benzene rings is 1. The second-order valence-electron chi connectivity index (χ2n) is 2.95. The van der Waals surface area contributed by atoms with Crippen LogP contribution in [0.5, 0.6) is 5.75 Å². The van der Waals surface area contributed by atoms with E-state index in [1.807, 2.05) is 6.07 Å². The minimum Gasteiger partial charge on any atom is -0.410 e. The van der Waals surface area contributed by atoms with E-state index in [1.54, 1.807) is 24.3 Å². The maximum absolute atomic E-state index is 11.6. The van der Waals surface area contributed by atoms with Gasteiger partial charge in [-0.15, -0.1) is 12.8 Å². The summed E-state index contributed by atoms with van der Waals surface area (Å²) in [5.41, 5.74) is 0. The Morgan fingerprint density at radius 2 is 1.75 bits per heavy atom. The van der Waals surface area contributed by atoms with E-state index in [1.165, 1.54) is 4.90 Å². The van der Waals surface area contributed by atoms with Crippen molar-refractivity contribution in [2.24, 2.45) is 0 Å². The summed E-state index contributed by atoms with van der Waals surface area (Å²) in [6, 6.07) is 8.74. The second-order valence-corrected chi connectivity index (χ2v) is 2.95. The number of rotatable bonds is 3. The number of hydrogen-bond acceptors (Lipinski definition) is 2. The highest BCUT2D eigenvalue weighted by molar-refractivity contribution is 5.71. The van der Waals surface area contributed by atoms with E-state index in [0.717, 1.165) is 0 Å². The predicted molar refractivity (Wildman–Crippen MR) is 61.7 cm³/mol. The molecule has 3 heteroatoms. The number of ether oxygens (including phenoxy) is 1. The van der Waals surface area contributed by atoms with Crippen LogP contribution >= 0.6 is 0 Å². The summed E-state index contributed by atoms with van der Waals surface area (Å²) in [6.45, 7) is 0.270. The number of hydrogen-bond donors (Lipinski definition) is 0. The fourth-order valence-corrected chi connectivity index (χ4v) is 1.06. The zero-order chi connectivity index (χ0) is 11.8. The van der Waals surface area contributed by atoms with Crippen LogP contribution in [-0.2, 0) is 0 Å². The van der Waals surface area contributed by atoms with Crippen LogP contribution in [-0.4, -0.2) is 24.1 Å². The number of terminal acetylenes is 2. The van der Waals surface area contributed by atoms with Crippen molar-refractivity contribution in [1.29, 1.82) is 0 Å². The maximum Gasteiger partial charge on any atom is 0.416 e. The van der Waals surface area contributed by atoms with Crippen LogP contribution in [0.15, 0.2) is 30.3 Å². The lowest BCUT2D eigenvalue weighted by Gasteiger charge is -2.16. The Morgan fingerprint density at radius 3 is 2.25 bits per heavy atom. The molecule has 1 aromatic rings. The van der Waals surface area contributed by atoms with Crippen molar-refractivity contribution in [2.45, 2.75) is 0 Å². The number of carbonyl (C=O) groups is 1. The van der Waals surface area contributed by atoms with Gasteiger partial charge in [0.2, 0.25) is 0 Å². The first-order valence-corrected chi connectivity index (χ1v) is 4.66. The van der Waals surface area contributed by atoms with E-state index < -0.39 is 6.09 Å². The number of nitrogens with zero attached hydrogens (tertiary/aromatic N) is 1. The molecule has 1 rings (SSSR count). The Labute approximate surface area is 95.0 Å². The van der Waals surface area contributed by atoms with Gasteiger partial charge < -0.3 is 4.74 Å². The molecule has 0 aliphatic carbocycles. The monoisotopic (exact) mass is 213 g/mol. The lowest BCUT2D eigenvalue weighted by molar-refractivity contribution is 0.163. The van der Waals surface area contributed by atoms with Gasteiger partial charge in [0.05, 0.1) is 13.1 Å². The van der Waals surface area contributed by atoms with Crippen LogP contribution in [0, 0.1) is 24.7 Å². The lowest BCUT2D eigenvalue weighted by Crippen LogP contribution is -2.34. The molecule has 0 spiro atoms. The zero-order valence-corrected chi connectivity index (χ0v) is 8.72. The van der Waals surface area contributed by atoms with E-state index >= 15 is 0 Å². The average molecular weight is 213 g/mol. The van der Waals surface area contributed by atoms with Crippen molar-refractivity contribution in [3.63, 3.8) is 0 Å². The first-order valence-electron chi connectivity index (χ1n) is 4.66. The first kappa shape index (κ1) is 11.7. The average Bonchev–Trinajstić information content (AvgIpc) is 2.30. The summed E-state index contributed by atoms with van der Waals surface area (Å²) in [6.07, 6.45) is 9.71. The summed E-state index contributed by atoms with van der Waals surface area (Å²) in [5, 5.41) is 0. The molecule has 16 heavy (non-hydrogen) atoms. The lowest BCUT2D eigenvalue weighted by atomic mass is 10.3. The van der Waals surface area contributed by atoms with Gasteiger partial charge >= 0.3 is 6.09 Å². The molecule has 0 saturated heterocycles. The van der Waals surface area contributed by atoms with Crippen LogP contribution in [0.2, 0.25) is 0 Å². The Kier molecular flexibility index (Phi) is 4.50. The molecule has 0 aromatic heterocycles. The maximum atomic E-state index is 11.6. The highest BCUT2D eigenvalue weighted by Crippen LogP contribution is 2.09. The van der Waals surface area contributed by atoms with Crippen LogP contribution in [0.25, 0.3) is 0 Å². The van der Waals surface area contributed by atoms with Gasteiger partial charge in [-0.05, 0) is 12.1 Å². The summed E-state index contributed by atoms with van der Waals surface area (Å²) in [5.74, 6) is 5.16. The minimum absolute atomic E-state index is 0.135. The Bertz CT molecular complexity index is 409. The van der Waals surface area contributed by atoms with Gasteiger partial charge in [-0.1, -0.05) is 30.0 Å². The quantitative estimate of drug-likeness (QED) is 0.716. The molecule has 0 fully saturated rings. The predicted octanol–water partition coefficient (Wildman–Crippen LogP) is 1.75. The van der Waals surface area contributed by atoms with Gasteiger partial charge in [-0.25, -0.2) is 4.79 Å². The van der Waals surface area contributed by atoms with Gasteiger partial charge in [0.25, 0.3) is 0 Å². The second kappa shape index (κ2) is 6.16. The summed E-state index contributed by atoms with van der Waals surface area (Å²) < 4.78 is 5.08. The van der Waals surface area contributed by atoms with E-state index in [2.05, 4.69) is 11.8 Å². The highest BCUT2D eigenvalue weighted by atomic mass is 16.6. The van der Waals surface area contributed by atoms with Gasteiger partial charge in [0, 0.05) is 0 Å². The van der Waals surface area contributed by atoms with Crippen molar-refractivity contribution in [2.75, 3.05) is 13.1 Å². The summed E-state index contributed by atoms with van der Waals surface area (Å²) in [7, 11) is 0. The fraction of sp³-hybridized carbons (Fsp3) is 0.154. The Hall–Kier alpha value is -2.39. The van der Waals surface area contributed by atoms with E-state index in [4.69, 9.17) is 17.6 Å². The highest BCUT2D eigenvalue weighted by Gasteiger charge is 2.13. The van der Waals surface area contributed by atoms with Gasteiger partial charge in [-0.3, -0.25) is 4.90 Å². The summed E-state index contributed by atoms with van der Waals surface area (Å²) in [4.78, 5) is 12.9.